The van der Waals surface area contributed by atoms with Gasteiger partial charge in [0.25, 0.3) is 0 Å². The maximum Gasteiger partial charge on any atom is 0.103 e. The minimum atomic E-state index is -0.951. The van der Waals surface area contributed by atoms with Crippen molar-refractivity contribution in [2.75, 3.05) is 6.61 Å². The third-order valence-corrected chi connectivity index (χ3v) is 3.13. The number of hydrogen-bond acceptors (Lipinski definition) is 2. The Bertz CT molecular complexity index is 526. The molecule has 16 heavy (non-hydrogen) atoms. The van der Waals surface area contributed by atoms with E-state index in [1.54, 1.807) is 24.3 Å². The van der Waals surface area contributed by atoms with E-state index in [4.69, 9.17) is 28.3 Å². The first-order valence-electron chi connectivity index (χ1n) is 4.80. The fourth-order valence-electron chi connectivity index (χ4n) is 1.64. The SMILES string of the molecule is OCC(O)c1ccc2cc(Cl)ccc2c1Cl. The zero-order valence-electron chi connectivity index (χ0n) is 8.32. The normalized spacial score (nSPS) is 13.0. The molecule has 1 unspecified atom stereocenters. The van der Waals surface area contributed by atoms with E-state index in [0.29, 0.717) is 15.6 Å². The predicted molar refractivity (Wildman–Crippen MR) is 66.0 cm³/mol. The Morgan fingerprint density at radius 1 is 1.12 bits per heavy atom. The van der Waals surface area contributed by atoms with Crippen LogP contribution in [0.1, 0.15) is 11.7 Å². The van der Waals surface area contributed by atoms with Gasteiger partial charge in [0, 0.05) is 16.0 Å². The van der Waals surface area contributed by atoms with Crippen molar-refractivity contribution < 1.29 is 10.2 Å². The number of benzene rings is 2. The van der Waals surface area contributed by atoms with Crippen molar-refractivity contribution in [3.05, 3.63) is 45.9 Å². The monoisotopic (exact) mass is 256 g/mol. The topological polar surface area (TPSA) is 40.5 Å². The summed E-state index contributed by atoms with van der Waals surface area (Å²) in [6, 6.07) is 8.86. The van der Waals surface area contributed by atoms with Gasteiger partial charge in [0.15, 0.2) is 0 Å². The lowest BCUT2D eigenvalue weighted by molar-refractivity contribution is 0.0958. The van der Waals surface area contributed by atoms with Gasteiger partial charge in [-0.2, -0.15) is 0 Å². The Kier molecular flexibility index (Phi) is 3.36. The largest absolute Gasteiger partial charge is 0.393 e. The zero-order valence-corrected chi connectivity index (χ0v) is 9.83. The van der Waals surface area contributed by atoms with Crippen LogP contribution in [0.3, 0.4) is 0 Å². The minimum Gasteiger partial charge on any atom is -0.393 e. The van der Waals surface area contributed by atoms with Crippen LogP contribution in [0.4, 0.5) is 0 Å². The van der Waals surface area contributed by atoms with Crippen LogP contribution >= 0.6 is 23.2 Å². The molecule has 0 aliphatic carbocycles. The first-order chi connectivity index (χ1) is 7.63. The van der Waals surface area contributed by atoms with Crippen molar-refractivity contribution in [2.24, 2.45) is 0 Å². The summed E-state index contributed by atoms with van der Waals surface area (Å²) >= 11 is 12.0. The van der Waals surface area contributed by atoms with Gasteiger partial charge in [-0.25, -0.2) is 0 Å². The summed E-state index contributed by atoms with van der Waals surface area (Å²) in [7, 11) is 0. The van der Waals surface area contributed by atoms with Gasteiger partial charge >= 0.3 is 0 Å². The molecule has 0 saturated carbocycles. The molecular formula is C12H10Cl2O2. The molecule has 0 saturated heterocycles. The summed E-state index contributed by atoms with van der Waals surface area (Å²) in [6.07, 6.45) is -0.951. The van der Waals surface area contributed by atoms with E-state index >= 15 is 0 Å². The fraction of sp³-hybridized carbons (Fsp3) is 0.167. The highest BCUT2D eigenvalue weighted by atomic mass is 35.5. The lowest BCUT2D eigenvalue weighted by Crippen LogP contribution is -2.03. The van der Waals surface area contributed by atoms with Crippen molar-refractivity contribution in [3.63, 3.8) is 0 Å². The predicted octanol–water partition coefficient (Wildman–Crippen LogP) is 3.17. The molecule has 0 fully saturated rings. The summed E-state index contributed by atoms with van der Waals surface area (Å²) in [5.41, 5.74) is 0.527. The molecule has 0 heterocycles. The third kappa shape index (κ3) is 2.02. The number of rotatable bonds is 2. The average molecular weight is 257 g/mol. The molecule has 0 amide bonds. The second-order valence-corrected chi connectivity index (χ2v) is 4.35. The molecule has 2 aromatic carbocycles. The van der Waals surface area contributed by atoms with E-state index in [9.17, 15) is 5.11 Å². The van der Waals surface area contributed by atoms with Crippen LogP contribution in [-0.4, -0.2) is 16.8 Å². The molecule has 0 aliphatic heterocycles. The summed E-state index contributed by atoms with van der Waals surface area (Å²) in [5, 5.41) is 21.3. The molecule has 2 aromatic rings. The quantitative estimate of drug-likeness (QED) is 0.867. The zero-order chi connectivity index (χ0) is 11.7. The van der Waals surface area contributed by atoms with Crippen LogP contribution in [-0.2, 0) is 0 Å². The number of halogens is 2. The van der Waals surface area contributed by atoms with E-state index in [-0.39, 0.29) is 6.61 Å². The molecule has 84 valence electrons. The second-order valence-electron chi connectivity index (χ2n) is 3.53. The number of hydrogen-bond donors (Lipinski definition) is 2. The van der Waals surface area contributed by atoms with Crippen LogP contribution in [0.25, 0.3) is 10.8 Å². The molecule has 4 heteroatoms. The molecule has 2 rings (SSSR count). The molecule has 0 aliphatic rings. The van der Waals surface area contributed by atoms with Crippen LogP contribution in [0.2, 0.25) is 10.0 Å². The maximum absolute atomic E-state index is 9.56. The summed E-state index contributed by atoms with van der Waals surface area (Å²) in [6.45, 7) is -0.348. The van der Waals surface area contributed by atoms with Gasteiger partial charge in [-0.3, -0.25) is 0 Å². The van der Waals surface area contributed by atoms with Gasteiger partial charge in [-0.1, -0.05) is 41.4 Å². The highest BCUT2D eigenvalue weighted by molar-refractivity contribution is 6.37. The van der Waals surface area contributed by atoms with E-state index in [1.165, 1.54) is 0 Å². The summed E-state index contributed by atoms with van der Waals surface area (Å²) in [4.78, 5) is 0. The summed E-state index contributed by atoms with van der Waals surface area (Å²) < 4.78 is 0. The Hall–Kier alpha value is -0.800. The molecule has 0 spiro atoms. The Balaban J connectivity index is 2.65. The fourth-order valence-corrected chi connectivity index (χ4v) is 2.18. The van der Waals surface area contributed by atoms with Gasteiger partial charge in [-0.15, -0.1) is 0 Å². The van der Waals surface area contributed by atoms with Crippen LogP contribution < -0.4 is 0 Å². The Labute approximate surface area is 103 Å². The van der Waals surface area contributed by atoms with Crippen LogP contribution in [0.15, 0.2) is 30.3 Å². The molecule has 0 aromatic heterocycles. The minimum absolute atomic E-state index is 0.348. The molecular weight excluding hydrogens is 247 g/mol. The van der Waals surface area contributed by atoms with E-state index in [1.807, 2.05) is 6.07 Å². The molecule has 2 N–H and O–H groups in total. The highest BCUT2D eigenvalue weighted by Crippen LogP contribution is 2.32. The first kappa shape index (κ1) is 11.7. The smallest absolute Gasteiger partial charge is 0.103 e. The molecule has 2 nitrogen and oxygen atoms in total. The number of aliphatic hydroxyl groups excluding tert-OH is 2. The maximum atomic E-state index is 9.56. The van der Waals surface area contributed by atoms with Gasteiger partial charge < -0.3 is 10.2 Å². The molecule has 1 atom stereocenters. The van der Waals surface area contributed by atoms with E-state index < -0.39 is 6.10 Å². The summed E-state index contributed by atoms with van der Waals surface area (Å²) in [5.74, 6) is 0. The highest BCUT2D eigenvalue weighted by Gasteiger charge is 2.12. The molecule has 0 radical (unpaired) electrons. The van der Waals surface area contributed by atoms with E-state index in [0.717, 1.165) is 10.8 Å². The first-order valence-corrected chi connectivity index (χ1v) is 5.55. The van der Waals surface area contributed by atoms with Crippen molar-refractivity contribution in [2.45, 2.75) is 6.10 Å². The third-order valence-electron chi connectivity index (χ3n) is 2.48. The second kappa shape index (κ2) is 4.60. The van der Waals surface area contributed by atoms with Gasteiger partial charge in [0.2, 0.25) is 0 Å². The Morgan fingerprint density at radius 3 is 2.56 bits per heavy atom. The van der Waals surface area contributed by atoms with E-state index in [2.05, 4.69) is 0 Å². The average Bonchev–Trinajstić information content (AvgIpc) is 2.28. The number of fused-ring (bicyclic) bond motifs is 1. The van der Waals surface area contributed by atoms with Crippen molar-refractivity contribution in [3.8, 4) is 0 Å². The van der Waals surface area contributed by atoms with Crippen LogP contribution in [0.5, 0.6) is 0 Å². The van der Waals surface area contributed by atoms with Gasteiger partial charge in [-0.05, 0) is 17.5 Å². The molecule has 0 bridgehead atoms. The Morgan fingerprint density at radius 2 is 1.88 bits per heavy atom. The standard InChI is InChI=1S/C12H10Cl2O2/c13-8-2-4-9-7(5-8)1-3-10(12(9)14)11(16)6-15/h1-5,11,15-16H,6H2. The number of aliphatic hydroxyl groups is 2. The van der Waals surface area contributed by atoms with Crippen molar-refractivity contribution in [1.29, 1.82) is 0 Å². The van der Waals surface area contributed by atoms with Crippen molar-refractivity contribution in [1.82, 2.24) is 0 Å². The van der Waals surface area contributed by atoms with Gasteiger partial charge in [0.1, 0.15) is 6.10 Å². The van der Waals surface area contributed by atoms with Crippen molar-refractivity contribution >= 4 is 34.0 Å². The lowest BCUT2D eigenvalue weighted by Gasteiger charge is -2.11. The lowest BCUT2D eigenvalue weighted by atomic mass is 10.0. The van der Waals surface area contributed by atoms with Gasteiger partial charge in [0.05, 0.1) is 11.6 Å². The van der Waals surface area contributed by atoms with Crippen LogP contribution in [0, 0.1) is 0 Å².